The van der Waals surface area contributed by atoms with Gasteiger partial charge in [-0.1, -0.05) is 270 Å². The number of nitrogens with one attached hydrogen (secondary N) is 1. The molecule has 12 atom stereocenters. The summed E-state index contributed by atoms with van der Waals surface area (Å²) in [7, 11) is 0. The van der Waals surface area contributed by atoms with Crippen LogP contribution in [-0.2, 0) is 23.7 Å². The number of rotatable bonds is 52. The van der Waals surface area contributed by atoms with E-state index in [0.717, 1.165) is 38.5 Å². The van der Waals surface area contributed by atoms with Crippen molar-refractivity contribution in [3.8, 4) is 0 Å². The number of allylic oxidation sites excluding steroid dienone is 1. The third-order valence-electron chi connectivity index (χ3n) is 16.0. The standard InChI is InChI=1S/C62H119NO13/c1-3-5-7-9-11-13-15-17-19-21-23-25-26-28-30-32-34-36-38-40-42-44-46-54(67)63-50(51(66)45-43-41-39-37-35-33-31-29-27-24-22-20-18-16-14-12-10-8-6-4-2)49-73-61-59(72)57(70)60(53(48-65)75-61)76-62-58(71)56(69)55(68)52(47-64)74-62/h43,45,50-53,55-62,64-66,68-72H,3-42,44,46-49H2,1-2H3,(H,63,67)/b45-43+. The first kappa shape index (κ1) is 70.8. The number of aliphatic hydroxyl groups is 8. The number of carbonyl (C=O) groups is 1. The molecule has 9 N–H and O–H groups in total. The topological polar surface area (TPSA) is 228 Å². The third-order valence-corrected chi connectivity index (χ3v) is 16.0. The molecular formula is C62H119NO13. The molecule has 2 saturated heterocycles. The van der Waals surface area contributed by atoms with Crippen molar-refractivity contribution in [2.75, 3.05) is 19.8 Å². The number of ether oxygens (including phenoxy) is 4. The highest BCUT2D eigenvalue weighted by molar-refractivity contribution is 5.76. The zero-order chi connectivity index (χ0) is 55.3. The van der Waals surface area contributed by atoms with Crippen molar-refractivity contribution in [2.24, 2.45) is 0 Å². The molecule has 0 aromatic heterocycles. The van der Waals surface area contributed by atoms with Crippen LogP contribution in [0.25, 0.3) is 0 Å². The average Bonchev–Trinajstić information content (AvgIpc) is 3.42. The number of hydrogen-bond acceptors (Lipinski definition) is 13. The first-order valence-corrected chi connectivity index (χ1v) is 31.9. The van der Waals surface area contributed by atoms with Crippen LogP contribution < -0.4 is 5.32 Å². The fourth-order valence-corrected chi connectivity index (χ4v) is 10.8. The molecule has 450 valence electrons. The quantitative estimate of drug-likeness (QED) is 0.0204. The van der Waals surface area contributed by atoms with Gasteiger partial charge in [-0.2, -0.15) is 0 Å². The molecular weight excluding hydrogens is 967 g/mol. The number of unbranched alkanes of at least 4 members (excludes halogenated alkanes) is 39. The molecule has 2 aliphatic heterocycles. The molecule has 12 unspecified atom stereocenters. The smallest absolute Gasteiger partial charge is 0.220 e. The van der Waals surface area contributed by atoms with Crippen molar-refractivity contribution in [3.63, 3.8) is 0 Å². The van der Waals surface area contributed by atoms with Crippen molar-refractivity contribution in [1.82, 2.24) is 5.32 Å². The minimum atomic E-state index is -1.79. The zero-order valence-corrected chi connectivity index (χ0v) is 48.5. The second kappa shape index (κ2) is 48.4. The van der Waals surface area contributed by atoms with Crippen LogP contribution in [0.3, 0.4) is 0 Å². The van der Waals surface area contributed by atoms with Crippen LogP contribution in [0.4, 0.5) is 0 Å². The summed E-state index contributed by atoms with van der Waals surface area (Å²) < 4.78 is 22.8. The Morgan fingerprint density at radius 3 is 1.21 bits per heavy atom. The van der Waals surface area contributed by atoms with Crippen LogP contribution in [0, 0.1) is 0 Å². The van der Waals surface area contributed by atoms with Gasteiger partial charge in [-0.15, -0.1) is 0 Å². The van der Waals surface area contributed by atoms with E-state index >= 15 is 0 Å². The molecule has 0 saturated carbocycles. The second-order valence-corrected chi connectivity index (χ2v) is 22.9. The van der Waals surface area contributed by atoms with Crippen molar-refractivity contribution >= 4 is 5.91 Å². The van der Waals surface area contributed by atoms with Crippen LogP contribution >= 0.6 is 0 Å². The van der Waals surface area contributed by atoms with Crippen LogP contribution in [0.1, 0.15) is 284 Å². The first-order chi connectivity index (χ1) is 37.1. The van der Waals surface area contributed by atoms with Gasteiger partial charge >= 0.3 is 0 Å². The highest BCUT2D eigenvalue weighted by Gasteiger charge is 2.51. The molecule has 14 heteroatoms. The van der Waals surface area contributed by atoms with Crippen molar-refractivity contribution in [2.45, 2.75) is 357 Å². The Kier molecular flexibility index (Phi) is 45.1. The largest absolute Gasteiger partial charge is 0.394 e. The molecule has 1 amide bonds. The summed E-state index contributed by atoms with van der Waals surface area (Å²) in [5, 5.41) is 87.2. The van der Waals surface area contributed by atoms with E-state index in [4.69, 9.17) is 18.9 Å². The number of carbonyl (C=O) groups excluding carboxylic acids is 1. The molecule has 14 nitrogen and oxygen atoms in total. The van der Waals surface area contributed by atoms with Crippen LogP contribution in [0.15, 0.2) is 12.2 Å². The van der Waals surface area contributed by atoms with E-state index in [1.807, 2.05) is 6.08 Å². The van der Waals surface area contributed by atoms with E-state index < -0.39 is 86.8 Å². The number of amides is 1. The normalized spacial score (nSPS) is 24.9. The predicted octanol–water partition coefficient (Wildman–Crippen LogP) is 11.5. The van der Waals surface area contributed by atoms with Crippen molar-refractivity contribution in [1.29, 1.82) is 0 Å². The predicted molar refractivity (Wildman–Crippen MR) is 305 cm³/mol. The van der Waals surface area contributed by atoms with Gasteiger partial charge in [-0.05, 0) is 19.3 Å². The molecule has 0 radical (unpaired) electrons. The van der Waals surface area contributed by atoms with E-state index in [2.05, 4.69) is 19.2 Å². The van der Waals surface area contributed by atoms with E-state index in [9.17, 15) is 45.6 Å². The van der Waals surface area contributed by atoms with Gasteiger partial charge in [0.15, 0.2) is 12.6 Å². The fourth-order valence-electron chi connectivity index (χ4n) is 10.8. The van der Waals surface area contributed by atoms with Gasteiger partial charge in [0.2, 0.25) is 5.91 Å². The first-order valence-electron chi connectivity index (χ1n) is 31.9. The Hall–Kier alpha value is -1.27. The van der Waals surface area contributed by atoms with Gasteiger partial charge in [-0.25, -0.2) is 0 Å². The van der Waals surface area contributed by atoms with E-state index in [0.29, 0.717) is 6.42 Å². The Bertz CT molecular complexity index is 1330. The minimum absolute atomic E-state index is 0.232. The SMILES string of the molecule is CCCCCCCCCCCCCCCCCCCC/C=C/C(O)C(COC1OC(CO)C(OC2OC(CO)C(O)C(O)C2O)C(O)C1O)NC(=O)CCCCCCCCCCCCCCCCCCCCCCCC. The van der Waals surface area contributed by atoms with Gasteiger partial charge in [0.25, 0.3) is 0 Å². The molecule has 2 aliphatic rings. The lowest BCUT2D eigenvalue weighted by Gasteiger charge is -2.46. The Morgan fingerprint density at radius 2 is 0.816 bits per heavy atom. The maximum atomic E-state index is 13.3. The monoisotopic (exact) mass is 1090 g/mol. The molecule has 0 aromatic carbocycles. The lowest BCUT2D eigenvalue weighted by atomic mass is 9.97. The summed E-state index contributed by atoms with van der Waals surface area (Å²) in [6.45, 7) is 2.84. The van der Waals surface area contributed by atoms with Gasteiger partial charge in [0.1, 0.15) is 48.8 Å². The molecule has 76 heavy (non-hydrogen) atoms. The molecule has 2 heterocycles. The van der Waals surface area contributed by atoms with Gasteiger partial charge in [-0.3, -0.25) is 4.79 Å². The summed E-state index contributed by atoms with van der Waals surface area (Å²) >= 11 is 0. The molecule has 0 aliphatic carbocycles. The molecule has 2 fully saturated rings. The summed E-state index contributed by atoms with van der Waals surface area (Å²) in [5.74, 6) is -0.232. The molecule has 2 rings (SSSR count). The molecule has 0 aromatic rings. The zero-order valence-electron chi connectivity index (χ0n) is 48.5. The van der Waals surface area contributed by atoms with Crippen molar-refractivity contribution < 1.29 is 64.6 Å². The molecule has 0 bridgehead atoms. The highest BCUT2D eigenvalue weighted by atomic mass is 16.7. The minimum Gasteiger partial charge on any atom is -0.394 e. The van der Waals surface area contributed by atoms with E-state index in [1.54, 1.807) is 6.08 Å². The Balaban J connectivity index is 1.73. The van der Waals surface area contributed by atoms with Crippen LogP contribution in [-0.4, -0.2) is 140 Å². The maximum absolute atomic E-state index is 13.3. The Morgan fingerprint density at radius 1 is 0.461 bits per heavy atom. The summed E-state index contributed by atoms with van der Waals surface area (Å²) in [5.41, 5.74) is 0. The second-order valence-electron chi connectivity index (χ2n) is 22.9. The lowest BCUT2D eigenvalue weighted by Crippen LogP contribution is -2.65. The number of hydrogen-bond donors (Lipinski definition) is 9. The van der Waals surface area contributed by atoms with Gasteiger partial charge < -0.3 is 65.1 Å². The summed E-state index contributed by atoms with van der Waals surface area (Å²) in [6, 6.07) is -0.910. The van der Waals surface area contributed by atoms with Crippen molar-refractivity contribution in [3.05, 3.63) is 12.2 Å². The Labute approximate surface area is 463 Å². The van der Waals surface area contributed by atoms with Gasteiger partial charge in [0, 0.05) is 6.42 Å². The average molecular weight is 1090 g/mol. The highest BCUT2D eigenvalue weighted by Crippen LogP contribution is 2.30. The summed E-state index contributed by atoms with van der Waals surface area (Å²) in [6.07, 6.45) is 39.6. The van der Waals surface area contributed by atoms with Crippen LogP contribution in [0.2, 0.25) is 0 Å². The van der Waals surface area contributed by atoms with Crippen LogP contribution in [0.5, 0.6) is 0 Å². The van der Waals surface area contributed by atoms with Gasteiger partial charge in [0.05, 0.1) is 32.0 Å². The fraction of sp³-hybridized carbons (Fsp3) is 0.952. The third kappa shape index (κ3) is 33.5. The van der Waals surface area contributed by atoms with E-state index in [1.165, 1.54) is 218 Å². The lowest BCUT2D eigenvalue weighted by molar-refractivity contribution is -0.359. The number of aliphatic hydroxyl groups excluding tert-OH is 8. The van der Waals surface area contributed by atoms with E-state index in [-0.39, 0.29) is 18.9 Å². The summed E-state index contributed by atoms with van der Waals surface area (Å²) in [4.78, 5) is 13.3. The maximum Gasteiger partial charge on any atom is 0.220 e. The molecule has 0 spiro atoms.